The Balaban J connectivity index is 1.87. The summed E-state index contributed by atoms with van der Waals surface area (Å²) in [5.74, 6) is -0.107. The van der Waals surface area contributed by atoms with E-state index in [1.54, 1.807) is 11.1 Å². The van der Waals surface area contributed by atoms with Crippen LogP contribution >= 0.6 is 0 Å². The van der Waals surface area contributed by atoms with Crippen LogP contribution in [0.4, 0.5) is 0 Å². The molecular formula is C17H25N5O3S. The van der Waals surface area contributed by atoms with E-state index in [2.05, 4.69) is 10.1 Å². The number of fused-ring (bicyclic) bond motifs is 1. The van der Waals surface area contributed by atoms with Crippen molar-refractivity contribution in [3.63, 3.8) is 0 Å². The number of hydrogen-bond donors (Lipinski definition) is 0. The predicted octanol–water partition coefficient (Wildman–Crippen LogP) is 1.43. The highest BCUT2D eigenvalue weighted by Crippen LogP contribution is 2.21. The van der Waals surface area contributed by atoms with Gasteiger partial charge < -0.3 is 4.90 Å². The number of pyridine rings is 1. The molecule has 1 aliphatic heterocycles. The maximum atomic E-state index is 13.0. The highest BCUT2D eigenvalue weighted by Gasteiger charge is 2.26. The van der Waals surface area contributed by atoms with Crippen LogP contribution in [-0.4, -0.2) is 70.7 Å². The molecule has 1 fully saturated rings. The number of hydrogen-bond acceptors (Lipinski definition) is 5. The fourth-order valence-electron chi connectivity index (χ4n) is 3.26. The molecule has 0 unspecified atom stereocenters. The molecule has 3 rings (SSSR count). The molecule has 1 saturated heterocycles. The number of amides is 1. The highest BCUT2D eigenvalue weighted by molar-refractivity contribution is 7.88. The number of aromatic nitrogens is 3. The minimum Gasteiger partial charge on any atom is -0.337 e. The zero-order valence-corrected chi connectivity index (χ0v) is 16.5. The lowest BCUT2D eigenvalue weighted by atomic mass is 10.1. The predicted molar refractivity (Wildman–Crippen MR) is 99.6 cm³/mol. The Morgan fingerprint density at radius 1 is 1.19 bits per heavy atom. The van der Waals surface area contributed by atoms with Gasteiger partial charge in [0.05, 0.1) is 23.7 Å². The van der Waals surface area contributed by atoms with Crippen molar-refractivity contribution in [1.29, 1.82) is 0 Å². The summed E-state index contributed by atoms with van der Waals surface area (Å²) in [6.45, 7) is 7.58. The smallest absolute Gasteiger partial charge is 0.255 e. The van der Waals surface area contributed by atoms with Crippen molar-refractivity contribution in [2.45, 2.75) is 33.2 Å². The Labute approximate surface area is 153 Å². The van der Waals surface area contributed by atoms with Crippen LogP contribution in [0.1, 0.15) is 42.4 Å². The Morgan fingerprint density at radius 3 is 2.58 bits per heavy atom. The number of sulfonamides is 1. The molecule has 0 bridgehead atoms. The van der Waals surface area contributed by atoms with Crippen LogP contribution in [0.5, 0.6) is 0 Å². The van der Waals surface area contributed by atoms with E-state index in [4.69, 9.17) is 0 Å². The first-order valence-corrected chi connectivity index (χ1v) is 10.6. The van der Waals surface area contributed by atoms with Crippen LogP contribution in [0, 0.1) is 6.92 Å². The second kappa shape index (κ2) is 6.96. The number of carbonyl (C=O) groups is 1. The van der Waals surface area contributed by atoms with Crippen molar-refractivity contribution in [3.8, 4) is 0 Å². The largest absolute Gasteiger partial charge is 0.337 e. The molecule has 1 aliphatic rings. The van der Waals surface area contributed by atoms with Gasteiger partial charge in [-0.25, -0.2) is 22.4 Å². The van der Waals surface area contributed by atoms with Crippen LogP contribution in [0.25, 0.3) is 11.0 Å². The monoisotopic (exact) mass is 379 g/mol. The zero-order valence-electron chi connectivity index (χ0n) is 15.6. The van der Waals surface area contributed by atoms with Gasteiger partial charge in [0.25, 0.3) is 5.91 Å². The molecule has 3 heterocycles. The minimum absolute atomic E-state index is 0.107. The van der Waals surface area contributed by atoms with Crippen LogP contribution < -0.4 is 0 Å². The third kappa shape index (κ3) is 3.59. The van der Waals surface area contributed by atoms with Crippen molar-refractivity contribution >= 4 is 27.0 Å². The van der Waals surface area contributed by atoms with Crippen molar-refractivity contribution < 1.29 is 13.2 Å². The van der Waals surface area contributed by atoms with Crippen LogP contribution in [-0.2, 0) is 10.0 Å². The van der Waals surface area contributed by atoms with E-state index < -0.39 is 10.0 Å². The lowest BCUT2D eigenvalue weighted by molar-refractivity contribution is 0.0763. The maximum Gasteiger partial charge on any atom is 0.255 e. The molecule has 0 N–H and O–H groups in total. The van der Waals surface area contributed by atoms with E-state index in [9.17, 15) is 13.2 Å². The molecular weight excluding hydrogens is 354 g/mol. The average Bonchev–Trinajstić information content (AvgIpc) is 2.79. The van der Waals surface area contributed by atoms with Gasteiger partial charge in [-0.05, 0) is 33.3 Å². The molecule has 142 valence electrons. The topological polar surface area (TPSA) is 88.4 Å². The van der Waals surface area contributed by atoms with Gasteiger partial charge in [-0.2, -0.15) is 5.10 Å². The first-order chi connectivity index (χ1) is 12.2. The zero-order chi connectivity index (χ0) is 19.1. The molecule has 0 saturated carbocycles. The Hall–Kier alpha value is -2.00. The second-order valence-electron chi connectivity index (χ2n) is 7.02. The summed E-state index contributed by atoms with van der Waals surface area (Å²) in [6, 6.07) is 2.03. The van der Waals surface area contributed by atoms with Gasteiger partial charge in [0.2, 0.25) is 10.0 Å². The van der Waals surface area contributed by atoms with Gasteiger partial charge >= 0.3 is 0 Å². The molecule has 0 aromatic carbocycles. The summed E-state index contributed by atoms with van der Waals surface area (Å²) < 4.78 is 26.8. The number of carbonyl (C=O) groups excluding carboxylic acids is 1. The van der Waals surface area contributed by atoms with Gasteiger partial charge in [0.15, 0.2) is 5.65 Å². The summed E-state index contributed by atoms with van der Waals surface area (Å²) in [5.41, 5.74) is 1.98. The standard InChI is InChI=1S/C17H25N5O3S/c1-12(2)22-16-14(11-18-22)10-15(13(3)19-16)17(23)20-6-5-7-21(9-8-20)26(4,24)25/h10-12H,5-9H2,1-4H3. The number of rotatable bonds is 3. The lowest BCUT2D eigenvalue weighted by Gasteiger charge is -2.21. The van der Waals surface area contributed by atoms with E-state index in [0.717, 1.165) is 11.0 Å². The Morgan fingerprint density at radius 2 is 1.92 bits per heavy atom. The van der Waals surface area contributed by atoms with Crippen LogP contribution in [0.3, 0.4) is 0 Å². The second-order valence-corrected chi connectivity index (χ2v) is 9.01. The molecule has 0 spiro atoms. The van der Waals surface area contributed by atoms with Crippen LogP contribution in [0.2, 0.25) is 0 Å². The van der Waals surface area contributed by atoms with E-state index in [1.807, 2.05) is 31.5 Å². The molecule has 9 heteroatoms. The third-order valence-corrected chi connectivity index (χ3v) is 5.99. The molecule has 0 atom stereocenters. The summed E-state index contributed by atoms with van der Waals surface area (Å²) in [5, 5.41) is 5.19. The van der Waals surface area contributed by atoms with Gasteiger partial charge in [0.1, 0.15) is 0 Å². The molecule has 8 nitrogen and oxygen atoms in total. The maximum absolute atomic E-state index is 13.0. The molecule has 1 amide bonds. The number of aryl methyl sites for hydroxylation is 1. The summed E-state index contributed by atoms with van der Waals surface area (Å²) >= 11 is 0. The average molecular weight is 379 g/mol. The fraction of sp³-hybridized carbons (Fsp3) is 0.588. The van der Waals surface area contributed by atoms with Crippen molar-refractivity contribution in [2.24, 2.45) is 0 Å². The summed E-state index contributed by atoms with van der Waals surface area (Å²) in [7, 11) is -3.23. The minimum atomic E-state index is -3.23. The Kier molecular flexibility index (Phi) is 5.03. The molecule has 26 heavy (non-hydrogen) atoms. The molecule has 2 aromatic rings. The van der Waals surface area contributed by atoms with Gasteiger partial charge in [0, 0.05) is 37.6 Å². The van der Waals surface area contributed by atoms with E-state index in [-0.39, 0.29) is 11.9 Å². The van der Waals surface area contributed by atoms with Crippen LogP contribution in [0.15, 0.2) is 12.3 Å². The molecule has 0 aliphatic carbocycles. The van der Waals surface area contributed by atoms with E-state index >= 15 is 0 Å². The highest BCUT2D eigenvalue weighted by atomic mass is 32.2. The van der Waals surface area contributed by atoms with Gasteiger partial charge in [-0.1, -0.05) is 0 Å². The van der Waals surface area contributed by atoms with Crippen molar-refractivity contribution in [2.75, 3.05) is 32.4 Å². The summed E-state index contributed by atoms with van der Waals surface area (Å²) in [6.07, 6.45) is 3.56. The van der Waals surface area contributed by atoms with Crippen molar-refractivity contribution in [3.05, 3.63) is 23.5 Å². The third-order valence-electron chi connectivity index (χ3n) is 4.69. The SMILES string of the molecule is Cc1nc2c(cnn2C(C)C)cc1C(=O)N1CCCN(S(C)(=O)=O)CC1. The number of nitrogens with zero attached hydrogens (tertiary/aromatic N) is 5. The van der Waals surface area contributed by atoms with Gasteiger partial charge in [-0.15, -0.1) is 0 Å². The quantitative estimate of drug-likeness (QED) is 0.805. The molecule has 2 aromatic heterocycles. The van der Waals surface area contributed by atoms with Crippen molar-refractivity contribution in [1.82, 2.24) is 24.0 Å². The normalized spacial score (nSPS) is 17.0. The molecule has 0 radical (unpaired) electrons. The first kappa shape index (κ1) is 18.8. The Bertz CT molecular complexity index is 935. The van der Waals surface area contributed by atoms with E-state index in [1.165, 1.54) is 10.6 Å². The lowest BCUT2D eigenvalue weighted by Crippen LogP contribution is -2.37. The first-order valence-electron chi connectivity index (χ1n) is 8.77. The summed E-state index contributed by atoms with van der Waals surface area (Å²) in [4.78, 5) is 19.3. The van der Waals surface area contributed by atoms with Gasteiger partial charge in [-0.3, -0.25) is 4.79 Å². The fourth-order valence-corrected chi connectivity index (χ4v) is 4.13. The van der Waals surface area contributed by atoms with E-state index in [0.29, 0.717) is 43.9 Å².